The maximum Gasteiger partial charge on any atom is 0.416 e. The van der Waals surface area contributed by atoms with Gasteiger partial charge in [-0.1, -0.05) is 35.9 Å². The number of carbonyl (C=O) groups excluding carboxylic acids is 3. The molecule has 2 fully saturated rings. The monoisotopic (exact) mass is 596 g/mol. The molecule has 41 heavy (non-hydrogen) atoms. The van der Waals surface area contributed by atoms with Gasteiger partial charge in [0.1, 0.15) is 6.04 Å². The van der Waals surface area contributed by atoms with E-state index in [2.05, 4.69) is 5.32 Å². The maximum absolute atomic E-state index is 14.1. The van der Waals surface area contributed by atoms with Crippen LogP contribution in [0.25, 0.3) is 0 Å². The lowest BCUT2D eigenvalue weighted by atomic mass is 9.71. The molecule has 0 radical (unpaired) electrons. The van der Waals surface area contributed by atoms with Gasteiger partial charge in [-0.25, -0.2) is 4.90 Å². The first-order chi connectivity index (χ1) is 19.2. The summed E-state index contributed by atoms with van der Waals surface area (Å²) in [4.78, 5) is 41.6. The summed E-state index contributed by atoms with van der Waals surface area (Å²) < 4.78 is 85.2. The van der Waals surface area contributed by atoms with E-state index in [-0.39, 0.29) is 16.8 Å². The molecule has 0 spiro atoms. The van der Waals surface area contributed by atoms with Gasteiger partial charge >= 0.3 is 18.3 Å². The Labute approximate surface area is 233 Å². The summed E-state index contributed by atoms with van der Waals surface area (Å²) >= 11 is 5.95. The Balaban J connectivity index is 1.75. The number of halogens is 7. The lowest BCUT2D eigenvalue weighted by Crippen LogP contribution is -2.52. The Morgan fingerprint density at radius 3 is 1.68 bits per heavy atom. The molecule has 0 aromatic heterocycles. The van der Waals surface area contributed by atoms with Crippen molar-refractivity contribution in [3.05, 3.63) is 100 Å². The van der Waals surface area contributed by atoms with E-state index in [9.17, 15) is 40.7 Å². The Kier molecular flexibility index (Phi) is 6.90. The highest BCUT2D eigenvalue weighted by Crippen LogP contribution is 2.53. The van der Waals surface area contributed by atoms with Gasteiger partial charge in [0.25, 0.3) is 0 Å². The lowest BCUT2D eigenvalue weighted by Gasteiger charge is -2.36. The smallest absolute Gasteiger partial charge is 0.416 e. The summed E-state index contributed by atoms with van der Waals surface area (Å²) in [5.74, 6) is -5.43. The van der Waals surface area contributed by atoms with Crippen LogP contribution in [0.15, 0.2) is 72.8 Å². The summed E-state index contributed by atoms with van der Waals surface area (Å²) in [6.45, 7) is 0. The third-order valence-corrected chi connectivity index (χ3v) is 7.69. The predicted octanol–water partition coefficient (Wildman–Crippen LogP) is 5.57. The van der Waals surface area contributed by atoms with Gasteiger partial charge in [-0.05, 0) is 59.7 Å². The molecule has 1 N–H and O–H groups in total. The van der Waals surface area contributed by atoms with Crippen molar-refractivity contribution in [3.63, 3.8) is 0 Å². The molecule has 2 amide bonds. The number of esters is 1. The van der Waals surface area contributed by atoms with Gasteiger partial charge in [-0.2, -0.15) is 26.3 Å². The number of ether oxygens (including phenoxy) is 1. The first kappa shape index (κ1) is 28.6. The highest BCUT2D eigenvalue weighted by molar-refractivity contribution is 6.31. The van der Waals surface area contributed by atoms with Crippen LogP contribution in [-0.2, 0) is 37.0 Å². The molecule has 2 aliphatic heterocycles. The van der Waals surface area contributed by atoms with Crippen LogP contribution in [0.3, 0.4) is 0 Å². The van der Waals surface area contributed by atoms with Gasteiger partial charge in [0, 0.05) is 5.02 Å². The largest absolute Gasteiger partial charge is 0.468 e. The fourth-order valence-electron chi connectivity index (χ4n) is 5.62. The molecule has 5 rings (SSSR count). The quantitative estimate of drug-likeness (QED) is 0.242. The third-order valence-electron chi connectivity index (χ3n) is 7.43. The maximum atomic E-state index is 14.1. The van der Waals surface area contributed by atoms with Crippen LogP contribution in [-0.4, -0.2) is 30.9 Å². The van der Waals surface area contributed by atoms with E-state index in [0.29, 0.717) is 5.02 Å². The lowest BCUT2D eigenvalue weighted by molar-refractivity contribution is -0.145. The number of nitrogens with zero attached hydrogens (tertiary/aromatic N) is 1. The number of fused-ring (bicyclic) bond motifs is 1. The van der Waals surface area contributed by atoms with Crippen LogP contribution in [0.4, 0.5) is 32.0 Å². The second-order valence-corrected chi connectivity index (χ2v) is 10.0. The predicted molar refractivity (Wildman–Crippen MR) is 134 cm³/mol. The SMILES string of the molecule is COC(=O)[C@@H]1NC(c2ccc(C(F)(F)F)cc2)(c2ccc(C(F)(F)F)cc2)[C@@H]2C(=O)N(c3ccc(Cl)cc3)C(=O)[C@@H]21. The summed E-state index contributed by atoms with van der Waals surface area (Å²) in [6.07, 6.45) is -9.41. The van der Waals surface area contributed by atoms with E-state index < -0.39 is 64.7 Å². The second-order valence-electron chi connectivity index (χ2n) is 9.60. The van der Waals surface area contributed by atoms with Gasteiger partial charge in [-0.3, -0.25) is 19.7 Å². The molecule has 2 aliphatic rings. The van der Waals surface area contributed by atoms with Crippen LogP contribution < -0.4 is 10.2 Å². The fourth-order valence-corrected chi connectivity index (χ4v) is 5.75. The highest BCUT2D eigenvalue weighted by atomic mass is 35.5. The highest BCUT2D eigenvalue weighted by Gasteiger charge is 2.68. The van der Waals surface area contributed by atoms with Gasteiger partial charge in [0.05, 0.1) is 41.3 Å². The van der Waals surface area contributed by atoms with Crippen molar-refractivity contribution >= 4 is 35.1 Å². The topological polar surface area (TPSA) is 75.7 Å². The van der Waals surface area contributed by atoms with Crippen molar-refractivity contribution in [2.45, 2.75) is 23.9 Å². The van der Waals surface area contributed by atoms with Crippen LogP contribution in [0.1, 0.15) is 22.3 Å². The number of rotatable bonds is 4. The summed E-state index contributed by atoms with van der Waals surface area (Å²) in [5.41, 5.74) is -3.77. The Hall–Kier alpha value is -3.90. The van der Waals surface area contributed by atoms with E-state index in [1.54, 1.807) is 0 Å². The molecule has 0 aliphatic carbocycles. The van der Waals surface area contributed by atoms with Gasteiger partial charge < -0.3 is 4.74 Å². The number of amides is 2. The second kappa shape index (κ2) is 9.88. The first-order valence-corrected chi connectivity index (χ1v) is 12.4. The Bertz CT molecular complexity index is 1450. The Morgan fingerprint density at radius 1 is 0.805 bits per heavy atom. The molecule has 3 aromatic rings. The van der Waals surface area contributed by atoms with Crippen molar-refractivity contribution in [1.82, 2.24) is 5.32 Å². The van der Waals surface area contributed by atoms with E-state index >= 15 is 0 Å². The Morgan fingerprint density at radius 2 is 1.27 bits per heavy atom. The molecule has 13 heteroatoms. The molecular formula is C28H19ClF6N2O4. The molecule has 0 unspecified atom stereocenters. The normalized spacial score (nSPS) is 22.1. The number of methoxy groups -OCH3 is 1. The number of carbonyl (C=O) groups is 3. The molecule has 2 heterocycles. The number of hydrogen-bond donors (Lipinski definition) is 1. The molecule has 2 saturated heterocycles. The molecule has 0 bridgehead atoms. The van der Waals surface area contributed by atoms with Gasteiger partial charge in [-0.15, -0.1) is 0 Å². The van der Waals surface area contributed by atoms with Crippen LogP contribution in [0.2, 0.25) is 5.02 Å². The molecular weight excluding hydrogens is 578 g/mol. The molecule has 0 saturated carbocycles. The van der Waals surface area contributed by atoms with Gasteiger partial charge in [0.15, 0.2) is 0 Å². The van der Waals surface area contributed by atoms with Crippen LogP contribution >= 0.6 is 11.6 Å². The number of nitrogens with one attached hydrogen (secondary N) is 1. The van der Waals surface area contributed by atoms with E-state index in [1.165, 1.54) is 24.3 Å². The standard InChI is InChI=1S/C28H19ClF6N2O4/c1-41-25(40)22-20-21(24(39)37(23(20)38)19-12-10-18(29)11-13-19)26(36-22,14-2-6-16(7-3-14)27(30,31)32)15-4-8-17(9-5-15)28(33,34)35/h2-13,20-22,36H,1H3/t20-,21-,22+/m0/s1. The van der Waals surface area contributed by atoms with E-state index in [4.69, 9.17) is 16.3 Å². The van der Waals surface area contributed by atoms with E-state index in [1.807, 2.05) is 0 Å². The summed E-state index contributed by atoms with van der Waals surface area (Å²) in [7, 11) is 1.05. The fraction of sp³-hybridized carbons (Fsp3) is 0.250. The number of alkyl halides is 6. The number of imide groups is 1. The van der Waals surface area contributed by atoms with Crippen molar-refractivity contribution in [3.8, 4) is 0 Å². The number of anilines is 1. The van der Waals surface area contributed by atoms with Crippen molar-refractivity contribution in [1.29, 1.82) is 0 Å². The van der Waals surface area contributed by atoms with Crippen LogP contribution in [0.5, 0.6) is 0 Å². The van der Waals surface area contributed by atoms with Gasteiger partial charge in [0.2, 0.25) is 11.8 Å². The summed E-state index contributed by atoms with van der Waals surface area (Å²) in [6, 6.07) is 11.4. The van der Waals surface area contributed by atoms with Crippen molar-refractivity contribution < 1.29 is 45.5 Å². The average Bonchev–Trinajstić information content (AvgIpc) is 3.42. The zero-order valence-corrected chi connectivity index (χ0v) is 21.6. The zero-order chi connectivity index (χ0) is 29.9. The first-order valence-electron chi connectivity index (χ1n) is 12.0. The molecule has 3 atom stereocenters. The molecule has 214 valence electrons. The number of hydrogen-bond acceptors (Lipinski definition) is 5. The van der Waals surface area contributed by atoms with Crippen molar-refractivity contribution in [2.24, 2.45) is 11.8 Å². The molecule has 6 nitrogen and oxygen atoms in total. The third kappa shape index (κ3) is 4.64. The molecule has 3 aromatic carbocycles. The number of benzene rings is 3. The minimum Gasteiger partial charge on any atom is -0.468 e. The van der Waals surface area contributed by atoms with Crippen LogP contribution in [0, 0.1) is 11.8 Å². The summed E-state index contributed by atoms with van der Waals surface area (Å²) in [5, 5.41) is 3.23. The average molecular weight is 597 g/mol. The minimum atomic E-state index is -4.70. The van der Waals surface area contributed by atoms with Crippen molar-refractivity contribution in [2.75, 3.05) is 12.0 Å². The minimum absolute atomic E-state index is 0.0192. The zero-order valence-electron chi connectivity index (χ0n) is 20.9. The van der Waals surface area contributed by atoms with E-state index in [0.717, 1.165) is 60.5 Å².